The van der Waals surface area contributed by atoms with Crippen molar-refractivity contribution in [1.29, 1.82) is 0 Å². The van der Waals surface area contributed by atoms with E-state index < -0.39 is 12.1 Å². The van der Waals surface area contributed by atoms with Crippen molar-refractivity contribution in [2.45, 2.75) is 18.9 Å². The quantitative estimate of drug-likeness (QED) is 0.608. The van der Waals surface area contributed by atoms with Gasteiger partial charge in [-0.15, -0.1) is 0 Å². The van der Waals surface area contributed by atoms with Gasteiger partial charge in [-0.3, -0.25) is 4.79 Å². The molecule has 1 heterocycles. The minimum Gasteiger partial charge on any atom is -0.485 e. The molecule has 6 nitrogen and oxygen atoms in total. The van der Waals surface area contributed by atoms with Crippen LogP contribution >= 0.6 is 0 Å². The van der Waals surface area contributed by atoms with Gasteiger partial charge < -0.3 is 19.5 Å². The lowest BCUT2D eigenvalue weighted by atomic mass is 10.1. The number of carbonyl (C=O) groups excluding carboxylic acids is 2. The second kappa shape index (κ2) is 8.89. The number of ether oxygens (including phenoxy) is 3. The monoisotopic (exact) mass is 355 g/mol. The lowest BCUT2D eigenvalue weighted by Gasteiger charge is -2.24. The van der Waals surface area contributed by atoms with Gasteiger partial charge in [-0.05, 0) is 30.5 Å². The Morgan fingerprint density at radius 2 is 1.77 bits per heavy atom. The topological polar surface area (TPSA) is 73.9 Å². The molecule has 6 heteroatoms. The molecule has 0 aromatic heterocycles. The van der Waals surface area contributed by atoms with Crippen molar-refractivity contribution in [1.82, 2.24) is 5.32 Å². The van der Waals surface area contributed by atoms with Crippen molar-refractivity contribution in [2.75, 3.05) is 19.8 Å². The van der Waals surface area contributed by atoms with Gasteiger partial charge in [-0.2, -0.15) is 0 Å². The van der Waals surface area contributed by atoms with E-state index in [1.807, 2.05) is 36.4 Å². The van der Waals surface area contributed by atoms with Gasteiger partial charge in [0, 0.05) is 6.54 Å². The molecule has 2 aromatic rings. The number of amides is 1. The number of hydrogen-bond donors (Lipinski definition) is 1. The number of esters is 1. The first-order valence-corrected chi connectivity index (χ1v) is 8.58. The van der Waals surface area contributed by atoms with E-state index in [-0.39, 0.29) is 19.1 Å². The Morgan fingerprint density at radius 3 is 2.58 bits per heavy atom. The second-order valence-corrected chi connectivity index (χ2v) is 5.91. The van der Waals surface area contributed by atoms with Crippen LogP contribution in [0.3, 0.4) is 0 Å². The van der Waals surface area contributed by atoms with Crippen LogP contribution in [0.5, 0.6) is 11.5 Å². The molecule has 3 rings (SSSR count). The summed E-state index contributed by atoms with van der Waals surface area (Å²) in [5.41, 5.74) is 1.22. The average Bonchev–Trinajstić information content (AvgIpc) is 2.70. The first-order chi connectivity index (χ1) is 12.7. The van der Waals surface area contributed by atoms with E-state index in [4.69, 9.17) is 14.2 Å². The summed E-state index contributed by atoms with van der Waals surface area (Å²) in [6.45, 7) is 0.266. The van der Waals surface area contributed by atoms with E-state index in [0.29, 0.717) is 18.0 Å². The molecule has 0 bridgehead atoms. The van der Waals surface area contributed by atoms with Crippen LogP contribution in [0.1, 0.15) is 12.0 Å². The van der Waals surface area contributed by atoms with Gasteiger partial charge in [0.2, 0.25) is 6.10 Å². The molecular weight excluding hydrogens is 334 g/mol. The van der Waals surface area contributed by atoms with E-state index in [1.165, 1.54) is 5.56 Å². The molecule has 0 radical (unpaired) electrons. The molecular formula is C20H21NO5. The number of fused-ring (bicyclic) bond motifs is 1. The largest absolute Gasteiger partial charge is 0.485 e. The Bertz CT molecular complexity index is 747. The fourth-order valence-corrected chi connectivity index (χ4v) is 2.58. The van der Waals surface area contributed by atoms with E-state index in [0.717, 1.165) is 12.8 Å². The van der Waals surface area contributed by atoms with Gasteiger partial charge in [0.15, 0.2) is 18.1 Å². The molecule has 26 heavy (non-hydrogen) atoms. The zero-order valence-electron chi connectivity index (χ0n) is 14.4. The Balaban J connectivity index is 1.33. The molecule has 1 amide bonds. The number of para-hydroxylation sites is 2. The molecule has 0 fully saturated rings. The van der Waals surface area contributed by atoms with E-state index in [2.05, 4.69) is 5.32 Å². The van der Waals surface area contributed by atoms with E-state index in [1.54, 1.807) is 18.2 Å². The van der Waals surface area contributed by atoms with E-state index >= 15 is 0 Å². The molecule has 1 aliphatic heterocycles. The normalized spacial score (nSPS) is 15.2. The highest BCUT2D eigenvalue weighted by Gasteiger charge is 2.29. The number of hydrogen-bond acceptors (Lipinski definition) is 5. The Morgan fingerprint density at radius 1 is 1.04 bits per heavy atom. The standard InChI is InChI=1S/C20H21NO5/c22-19(21-12-6-9-15-7-2-1-3-8-15)14-25-20(23)18-13-24-16-10-4-5-11-17(16)26-18/h1-5,7-8,10-11,18H,6,9,12-14H2,(H,21,22)/t18-/m1/s1. The predicted octanol–water partition coefficient (Wildman–Crippen LogP) is 2.12. The molecule has 1 atom stereocenters. The Hall–Kier alpha value is -3.02. The number of rotatable bonds is 7. The van der Waals surface area contributed by atoms with Gasteiger partial charge in [0.1, 0.15) is 6.61 Å². The summed E-state index contributed by atoms with van der Waals surface area (Å²) in [7, 11) is 0. The maximum atomic E-state index is 12.0. The maximum Gasteiger partial charge on any atom is 0.351 e. The number of aryl methyl sites for hydroxylation is 1. The van der Waals surface area contributed by atoms with Crippen molar-refractivity contribution in [3.8, 4) is 11.5 Å². The highest BCUT2D eigenvalue weighted by atomic mass is 16.6. The maximum absolute atomic E-state index is 12.0. The summed E-state index contributed by atoms with van der Waals surface area (Å²) >= 11 is 0. The lowest BCUT2D eigenvalue weighted by Crippen LogP contribution is -2.39. The number of carbonyl (C=O) groups is 2. The third-order valence-corrected chi connectivity index (χ3v) is 3.92. The number of benzene rings is 2. The summed E-state index contributed by atoms with van der Waals surface area (Å²) < 4.78 is 16.0. The van der Waals surface area contributed by atoms with Crippen molar-refractivity contribution >= 4 is 11.9 Å². The fraction of sp³-hybridized carbons (Fsp3) is 0.300. The molecule has 0 aliphatic carbocycles. The smallest absolute Gasteiger partial charge is 0.351 e. The van der Waals surface area contributed by atoms with Gasteiger partial charge >= 0.3 is 5.97 Å². The van der Waals surface area contributed by atoms with Gasteiger partial charge in [-0.1, -0.05) is 42.5 Å². The van der Waals surface area contributed by atoms with Crippen LogP contribution in [-0.4, -0.2) is 37.7 Å². The molecule has 136 valence electrons. The van der Waals surface area contributed by atoms with Crippen LogP contribution in [-0.2, 0) is 20.7 Å². The van der Waals surface area contributed by atoms with Crippen LogP contribution in [0.2, 0.25) is 0 Å². The third kappa shape index (κ3) is 4.99. The lowest BCUT2D eigenvalue weighted by molar-refractivity contribution is -0.157. The summed E-state index contributed by atoms with van der Waals surface area (Å²) in [4.78, 5) is 23.8. The molecule has 0 spiro atoms. The second-order valence-electron chi connectivity index (χ2n) is 5.91. The van der Waals surface area contributed by atoms with Crippen LogP contribution < -0.4 is 14.8 Å². The van der Waals surface area contributed by atoms with E-state index in [9.17, 15) is 9.59 Å². The van der Waals surface area contributed by atoms with Crippen molar-refractivity contribution < 1.29 is 23.8 Å². The van der Waals surface area contributed by atoms with Crippen LogP contribution in [0.25, 0.3) is 0 Å². The highest BCUT2D eigenvalue weighted by molar-refractivity contribution is 5.82. The molecule has 1 N–H and O–H groups in total. The Labute approximate surface area is 152 Å². The van der Waals surface area contributed by atoms with Crippen LogP contribution in [0.15, 0.2) is 54.6 Å². The molecule has 0 saturated carbocycles. The van der Waals surface area contributed by atoms with Crippen LogP contribution in [0, 0.1) is 0 Å². The molecule has 0 unspecified atom stereocenters. The minimum atomic E-state index is -0.865. The molecule has 2 aromatic carbocycles. The minimum absolute atomic E-state index is 0.0640. The summed E-state index contributed by atoms with van der Waals surface area (Å²) in [6.07, 6.45) is 0.837. The first-order valence-electron chi connectivity index (χ1n) is 8.58. The van der Waals surface area contributed by atoms with Gasteiger partial charge in [0.25, 0.3) is 5.91 Å². The van der Waals surface area contributed by atoms with Gasteiger partial charge in [-0.25, -0.2) is 4.79 Å². The Kier molecular flexibility index (Phi) is 6.09. The fourth-order valence-electron chi connectivity index (χ4n) is 2.58. The van der Waals surface area contributed by atoms with Gasteiger partial charge in [0.05, 0.1) is 0 Å². The van der Waals surface area contributed by atoms with Crippen LogP contribution in [0.4, 0.5) is 0 Å². The van der Waals surface area contributed by atoms with Crippen molar-refractivity contribution in [2.24, 2.45) is 0 Å². The molecule has 1 aliphatic rings. The zero-order chi connectivity index (χ0) is 18.2. The average molecular weight is 355 g/mol. The summed E-state index contributed by atoms with van der Waals surface area (Å²) in [5.74, 6) is 0.140. The predicted molar refractivity (Wildman–Crippen MR) is 95.1 cm³/mol. The molecule has 0 saturated heterocycles. The SMILES string of the molecule is O=C(COC(=O)[C@H]1COc2ccccc2O1)NCCCc1ccccc1. The number of nitrogens with one attached hydrogen (secondary N) is 1. The zero-order valence-corrected chi connectivity index (χ0v) is 14.4. The first kappa shape index (κ1) is 17.8. The summed E-state index contributed by atoms with van der Waals surface area (Å²) in [5, 5.41) is 2.74. The highest BCUT2D eigenvalue weighted by Crippen LogP contribution is 2.31. The van der Waals surface area contributed by atoms with Crippen molar-refractivity contribution in [3.05, 3.63) is 60.2 Å². The van der Waals surface area contributed by atoms with Crippen molar-refractivity contribution in [3.63, 3.8) is 0 Å². The third-order valence-electron chi connectivity index (χ3n) is 3.92. The summed E-state index contributed by atoms with van der Waals surface area (Å²) in [6, 6.07) is 17.1.